The number of anilines is 1. The molecule has 0 radical (unpaired) electrons. The molecule has 1 fully saturated rings. The summed E-state index contributed by atoms with van der Waals surface area (Å²) in [4.78, 5) is 0.101. The Morgan fingerprint density at radius 1 is 1.53 bits per heavy atom. The lowest BCUT2D eigenvalue weighted by Gasteiger charge is -2.15. The highest BCUT2D eigenvalue weighted by Crippen LogP contribution is 2.31. The maximum atomic E-state index is 13.8. The van der Waals surface area contributed by atoms with E-state index in [0.29, 0.717) is 11.6 Å². The van der Waals surface area contributed by atoms with Crippen LogP contribution in [0.1, 0.15) is 31.7 Å². The van der Waals surface area contributed by atoms with Crippen molar-refractivity contribution in [3.63, 3.8) is 0 Å². The Hall–Kier alpha value is -0.810. The molecule has 1 aromatic carbocycles. The lowest BCUT2D eigenvalue weighted by Crippen LogP contribution is -2.17. The Labute approximate surface area is 123 Å². The average Bonchev–Trinajstić information content (AvgIpc) is 2.76. The summed E-state index contributed by atoms with van der Waals surface area (Å²) in [6, 6.07) is 5.42. The molecular formula is C14H19FN2S2. The molecule has 1 aliphatic carbocycles. The van der Waals surface area contributed by atoms with E-state index >= 15 is 0 Å². The SMILES string of the molecule is CCSC1CCC(Nc2ccc(C(N)=S)c(F)c2)C1. The van der Waals surface area contributed by atoms with Gasteiger partial charge in [0.2, 0.25) is 0 Å². The van der Waals surface area contributed by atoms with Gasteiger partial charge in [0.25, 0.3) is 0 Å². The molecule has 0 aliphatic heterocycles. The first kappa shape index (κ1) is 14.6. The molecule has 0 aromatic heterocycles. The van der Waals surface area contributed by atoms with Crippen LogP contribution in [0.3, 0.4) is 0 Å². The van der Waals surface area contributed by atoms with Crippen molar-refractivity contribution in [2.75, 3.05) is 11.1 Å². The minimum absolute atomic E-state index is 0.101. The van der Waals surface area contributed by atoms with Crippen molar-refractivity contribution in [3.05, 3.63) is 29.6 Å². The number of hydrogen-bond acceptors (Lipinski definition) is 3. The molecule has 2 rings (SSSR count). The van der Waals surface area contributed by atoms with Crippen molar-refractivity contribution in [1.82, 2.24) is 0 Å². The topological polar surface area (TPSA) is 38.0 Å². The number of nitrogens with two attached hydrogens (primary N) is 1. The minimum atomic E-state index is -0.352. The summed E-state index contributed by atoms with van der Waals surface area (Å²) in [5, 5.41) is 4.14. The van der Waals surface area contributed by atoms with Gasteiger partial charge in [0, 0.05) is 22.5 Å². The van der Waals surface area contributed by atoms with Crippen LogP contribution < -0.4 is 11.1 Å². The molecule has 104 valence electrons. The van der Waals surface area contributed by atoms with Gasteiger partial charge in [-0.2, -0.15) is 11.8 Å². The Morgan fingerprint density at radius 3 is 2.95 bits per heavy atom. The second-order valence-corrected chi connectivity index (χ2v) is 6.81. The minimum Gasteiger partial charge on any atom is -0.389 e. The number of thioether (sulfide) groups is 1. The van der Waals surface area contributed by atoms with Crippen LogP contribution in [0.5, 0.6) is 0 Å². The highest BCUT2D eigenvalue weighted by atomic mass is 32.2. The van der Waals surface area contributed by atoms with Gasteiger partial charge in [0.05, 0.1) is 0 Å². The standard InChI is InChI=1S/C14H19FN2S2/c1-2-19-11-5-3-9(7-11)17-10-4-6-12(14(16)18)13(15)8-10/h4,6,8-9,11,17H,2-3,5,7H2,1H3,(H2,16,18). The van der Waals surface area contributed by atoms with Gasteiger partial charge >= 0.3 is 0 Å². The second-order valence-electron chi connectivity index (χ2n) is 4.79. The van der Waals surface area contributed by atoms with Gasteiger partial charge in [-0.15, -0.1) is 0 Å². The predicted molar refractivity (Wildman–Crippen MR) is 85.5 cm³/mol. The lowest BCUT2D eigenvalue weighted by atomic mass is 10.1. The van der Waals surface area contributed by atoms with Crippen molar-refractivity contribution >= 4 is 34.7 Å². The van der Waals surface area contributed by atoms with Gasteiger partial charge in [-0.1, -0.05) is 19.1 Å². The Morgan fingerprint density at radius 2 is 2.32 bits per heavy atom. The van der Waals surface area contributed by atoms with E-state index in [4.69, 9.17) is 18.0 Å². The Kier molecular flexibility index (Phi) is 5.05. The normalized spacial score (nSPS) is 22.4. The van der Waals surface area contributed by atoms with Crippen LogP contribution in [-0.4, -0.2) is 22.0 Å². The summed E-state index contributed by atoms with van der Waals surface area (Å²) in [5.74, 6) is 0.809. The largest absolute Gasteiger partial charge is 0.389 e. The van der Waals surface area contributed by atoms with Gasteiger partial charge in [-0.3, -0.25) is 0 Å². The summed E-state index contributed by atoms with van der Waals surface area (Å²) in [6.45, 7) is 2.19. The molecule has 1 aliphatic rings. The highest BCUT2D eigenvalue weighted by Gasteiger charge is 2.24. The van der Waals surface area contributed by atoms with Crippen molar-refractivity contribution in [3.8, 4) is 0 Å². The Bertz CT molecular complexity index is 465. The number of thiocarbonyl (C=S) groups is 1. The Balaban J connectivity index is 1.97. The van der Waals surface area contributed by atoms with Crippen molar-refractivity contribution in [1.29, 1.82) is 0 Å². The van der Waals surface area contributed by atoms with Gasteiger partial charge in [-0.25, -0.2) is 4.39 Å². The number of rotatable bonds is 5. The summed E-state index contributed by atoms with van der Waals surface area (Å²) >= 11 is 6.81. The fourth-order valence-electron chi connectivity index (χ4n) is 2.50. The van der Waals surface area contributed by atoms with E-state index in [1.165, 1.54) is 12.5 Å². The molecule has 1 aromatic rings. The molecule has 1 saturated carbocycles. The molecule has 0 amide bonds. The zero-order valence-electron chi connectivity index (χ0n) is 11.0. The molecule has 2 unspecified atom stereocenters. The van der Waals surface area contributed by atoms with Crippen LogP contribution in [0, 0.1) is 5.82 Å². The van der Waals surface area contributed by atoms with Crippen LogP contribution >= 0.6 is 24.0 Å². The zero-order chi connectivity index (χ0) is 13.8. The van der Waals surface area contributed by atoms with E-state index in [1.807, 2.05) is 17.8 Å². The van der Waals surface area contributed by atoms with Crippen molar-refractivity contribution < 1.29 is 4.39 Å². The zero-order valence-corrected chi connectivity index (χ0v) is 12.6. The van der Waals surface area contributed by atoms with E-state index in [0.717, 1.165) is 29.5 Å². The number of benzene rings is 1. The molecule has 2 atom stereocenters. The summed E-state index contributed by atoms with van der Waals surface area (Å²) < 4.78 is 13.8. The predicted octanol–water partition coefficient (Wildman–Crippen LogP) is 3.55. The van der Waals surface area contributed by atoms with E-state index in [9.17, 15) is 4.39 Å². The molecular weight excluding hydrogens is 279 g/mol. The monoisotopic (exact) mass is 298 g/mol. The maximum Gasteiger partial charge on any atom is 0.135 e. The number of nitrogens with one attached hydrogen (secondary N) is 1. The van der Waals surface area contributed by atoms with E-state index < -0.39 is 0 Å². The molecule has 3 N–H and O–H groups in total. The van der Waals surface area contributed by atoms with Crippen LogP contribution in [-0.2, 0) is 0 Å². The number of hydrogen-bond donors (Lipinski definition) is 2. The molecule has 0 heterocycles. The van der Waals surface area contributed by atoms with Gasteiger partial charge in [0.1, 0.15) is 10.8 Å². The lowest BCUT2D eigenvalue weighted by molar-refractivity contribution is 0.625. The smallest absolute Gasteiger partial charge is 0.135 e. The van der Waals surface area contributed by atoms with Crippen LogP contribution in [0.25, 0.3) is 0 Å². The first-order valence-electron chi connectivity index (χ1n) is 6.57. The molecule has 0 spiro atoms. The van der Waals surface area contributed by atoms with Crippen molar-refractivity contribution in [2.45, 2.75) is 37.5 Å². The second kappa shape index (κ2) is 6.57. The summed E-state index contributed by atoms with van der Waals surface area (Å²) in [6.07, 6.45) is 3.54. The van der Waals surface area contributed by atoms with Gasteiger partial charge in [-0.05, 0) is 43.2 Å². The number of halogens is 1. The highest BCUT2D eigenvalue weighted by molar-refractivity contribution is 7.99. The average molecular weight is 298 g/mol. The van der Waals surface area contributed by atoms with Crippen LogP contribution in [0.2, 0.25) is 0 Å². The van der Waals surface area contributed by atoms with Gasteiger partial charge < -0.3 is 11.1 Å². The van der Waals surface area contributed by atoms with Gasteiger partial charge in [0.15, 0.2) is 0 Å². The fourth-order valence-corrected chi connectivity index (χ4v) is 3.81. The first-order chi connectivity index (χ1) is 9.10. The third kappa shape index (κ3) is 3.83. The van der Waals surface area contributed by atoms with Crippen molar-refractivity contribution in [2.24, 2.45) is 5.73 Å². The quantitative estimate of drug-likeness (QED) is 0.815. The van der Waals surface area contributed by atoms with Crippen LogP contribution in [0.4, 0.5) is 10.1 Å². The van der Waals surface area contributed by atoms with Crippen LogP contribution in [0.15, 0.2) is 18.2 Å². The first-order valence-corrected chi connectivity index (χ1v) is 8.03. The fraction of sp³-hybridized carbons (Fsp3) is 0.500. The van der Waals surface area contributed by atoms with E-state index in [1.54, 1.807) is 6.07 Å². The maximum absolute atomic E-state index is 13.8. The third-order valence-electron chi connectivity index (χ3n) is 3.39. The van der Waals surface area contributed by atoms with E-state index in [-0.39, 0.29) is 10.8 Å². The summed E-state index contributed by atoms with van der Waals surface area (Å²) in [5.41, 5.74) is 6.57. The van der Waals surface area contributed by atoms with E-state index in [2.05, 4.69) is 12.2 Å². The summed E-state index contributed by atoms with van der Waals surface area (Å²) in [7, 11) is 0. The molecule has 0 saturated heterocycles. The molecule has 5 heteroatoms. The third-order valence-corrected chi connectivity index (χ3v) is 4.85. The molecule has 2 nitrogen and oxygen atoms in total. The molecule has 19 heavy (non-hydrogen) atoms. The molecule has 0 bridgehead atoms.